The average Bonchev–Trinajstić information content (AvgIpc) is 3.11. The Kier molecular flexibility index (Phi) is 19.3. The van der Waals surface area contributed by atoms with Gasteiger partial charge in [-0.15, -0.1) is 17.5 Å². The summed E-state index contributed by atoms with van der Waals surface area (Å²) in [6, 6.07) is 35.7. The minimum Gasteiger partial charge on any atom is -0.639 e. The molecule has 4 rings (SSSR count). The van der Waals surface area contributed by atoms with Gasteiger partial charge in [-0.1, -0.05) is 165 Å². The molecular formula is C44H64LiN2OP2S+. The number of unbranched alkanes of at least 4 members (excludes halogenated alkanes) is 1. The number of nitrogens with one attached hydrogen (secondary N) is 1. The molecule has 0 bridgehead atoms. The van der Waals surface area contributed by atoms with Gasteiger partial charge in [0.1, 0.15) is 6.74 Å². The summed E-state index contributed by atoms with van der Waals surface area (Å²) in [4.78, 5) is 0. The van der Waals surface area contributed by atoms with Crippen molar-refractivity contribution in [2.45, 2.75) is 113 Å². The van der Waals surface area contributed by atoms with Crippen LogP contribution in [0.4, 0.5) is 11.4 Å². The summed E-state index contributed by atoms with van der Waals surface area (Å²) in [6.07, 6.45) is 3.18. The van der Waals surface area contributed by atoms with Crippen molar-refractivity contribution in [1.82, 2.24) is 0 Å². The van der Waals surface area contributed by atoms with Crippen LogP contribution in [-0.4, -0.2) is 19.4 Å². The first-order valence-electron chi connectivity index (χ1n) is 18.8. The van der Waals surface area contributed by atoms with E-state index < -0.39 is 12.6 Å². The molecule has 0 saturated carbocycles. The van der Waals surface area contributed by atoms with Crippen molar-refractivity contribution in [2.24, 2.45) is 0 Å². The van der Waals surface area contributed by atoms with Crippen molar-refractivity contribution in [2.75, 3.05) is 19.4 Å². The second-order valence-corrected chi connectivity index (χ2v) is 25.0. The predicted octanol–water partition coefficient (Wildman–Crippen LogP) is 9.61. The van der Waals surface area contributed by atoms with Crippen LogP contribution in [0.3, 0.4) is 0 Å². The van der Waals surface area contributed by atoms with Gasteiger partial charge < -0.3 is 9.82 Å². The number of ether oxygens (including phenoxy) is 1. The van der Waals surface area contributed by atoms with E-state index in [0.717, 1.165) is 37.9 Å². The predicted molar refractivity (Wildman–Crippen MR) is 228 cm³/mol. The van der Waals surface area contributed by atoms with E-state index in [0.29, 0.717) is 23.7 Å². The number of nitrogens with zero attached hydrogens (tertiary/aromatic N) is 1. The van der Waals surface area contributed by atoms with Crippen LogP contribution in [0.15, 0.2) is 97.1 Å². The van der Waals surface area contributed by atoms with E-state index in [1.165, 1.54) is 38.6 Å². The molecule has 0 radical (unpaired) electrons. The molecule has 4 aromatic carbocycles. The van der Waals surface area contributed by atoms with Crippen LogP contribution in [0.1, 0.15) is 135 Å². The standard InChI is InChI=1S/C40H53N2P2S.C4H10O.Li/c1-10-11-28-43(33-20-14-12-15-21-33,41-39-35(29(2)3)24-18-25-36(39)30(4)5)44(45,34-22-16-13-17-23-34)42-40-37(31(6)7)26-19-27-38(40)32(8)9;1-3-5-4-2;/h12-27,29-32H,10-11,28H2,1-9H3;3-4H2,1-2H3;/q-1;;+1/p+1/t43-,44+;;/m1../s1. The van der Waals surface area contributed by atoms with Gasteiger partial charge in [-0.3, -0.25) is 0 Å². The maximum absolute atomic E-state index is 7.32. The first-order chi connectivity index (χ1) is 23.9. The fraction of sp³-hybridized carbons (Fsp3) is 0.455. The molecule has 0 aliphatic rings. The van der Waals surface area contributed by atoms with Crippen molar-refractivity contribution >= 4 is 46.4 Å². The molecule has 1 N–H and O–H groups in total. The summed E-state index contributed by atoms with van der Waals surface area (Å²) in [5, 5.41) is 8.59. The van der Waals surface area contributed by atoms with Gasteiger partial charge in [0.2, 0.25) is 5.69 Å². The largest absolute Gasteiger partial charge is 1.00 e. The van der Waals surface area contributed by atoms with Crippen LogP contribution < -0.4 is 34.2 Å². The molecule has 0 fully saturated rings. The maximum Gasteiger partial charge on any atom is 1.00 e. The van der Waals surface area contributed by atoms with Gasteiger partial charge in [0.05, 0.1) is 0 Å². The fourth-order valence-corrected chi connectivity index (χ4v) is 19.6. The Bertz CT molecular complexity index is 1670. The third-order valence-corrected chi connectivity index (χ3v) is 23.0. The zero-order valence-corrected chi connectivity index (χ0v) is 36.3. The Morgan fingerprint density at radius 1 is 0.588 bits per heavy atom. The molecule has 0 amide bonds. The molecule has 7 heteroatoms. The van der Waals surface area contributed by atoms with Gasteiger partial charge in [-0.2, -0.15) is 0 Å². The third kappa shape index (κ3) is 11.1. The SMILES string of the molecule is CCCC[P@](=[NH+]c1c(C(C)C)cccc1C(C)C)(c1ccccc1)[P@@](=S)([N-]c1c(C(C)C)cccc1C(C)C)c1ccccc1.CCOCC.[Li+]. The second-order valence-electron chi connectivity index (χ2n) is 14.3. The topological polar surface area (TPSA) is 37.3 Å². The maximum atomic E-state index is 7.32. The first kappa shape index (κ1) is 45.3. The zero-order chi connectivity index (χ0) is 36.9. The Morgan fingerprint density at radius 3 is 1.37 bits per heavy atom. The molecule has 0 unspecified atom stereocenters. The van der Waals surface area contributed by atoms with Crippen LogP contribution in [0.25, 0.3) is 5.09 Å². The van der Waals surface area contributed by atoms with Gasteiger partial charge >= 0.3 is 18.9 Å². The molecule has 272 valence electrons. The van der Waals surface area contributed by atoms with Crippen LogP contribution in [0.5, 0.6) is 0 Å². The van der Waals surface area contributed by atoms with E-state index in [2.05, 4.69) is 164 Å². The quantitative estimate of drug-likeness (QED) is 0.0975. The molecule has 0 aromatic heterocycles. The van der Waals surface area contributed by atoms with E-state index in [9.17, 15) is 0 Å². The smallest absolute Gasteiger partial charge is 0.639 e. The molecule has 2 atom stereocenters. The zero-order valence-electron chi connectivity index (χ0n) is 33.7. The molecule has 3 nitrogen and oxygen atoms in total. The van der Waals surface area contributed by atoms with E-state index >= 15 is 0 Å². The summed E-state index contributed by atoms with van der Waals surface area (Å²) in [5.74, 6) is -1.31. The molecule has 0 aliphatic heterocycles. The summed E-state index contributed by atoms with van der Waals surface area (Å²) in [5.41, 5.74) is 7.69. The van der Waals surface area contributed by atoms with Crippen LogP contribution in [-0.2, 0) is 16.5 Å². The molecule has 0 spiro atoms. The average molecular weight is 738 g/mol. The van der Waals surface area contributed by atoms with Crippen molar-refractivity contribution in [3.8, 4) is 0 Å². The van der Waals surface area contributed by atoms with Gasteiger partial charge in [0.15, 0.2) is 0 Å². The van der Waals surface area contributed by atoms with Crippen molar-refractivity contribution in [3.63, 3.8) is 0 Å². The van der Waals surface area contributed by atoms with Gasteiger partial charge in [0.25, 0.3) is 0 Å². The minimum absolute atomic E-state index is 0. The van der Waals surface area contributed by atoms with E-state index in [-0.39, 0.29) is 18.9 Å². The van der Waals surface area contributed by atoms with Crippen molar-refractivity contribution in [1.29, 1.82) is 0 Å². The monoisotopic (exact) mass is 737 g/mol. The normalized spacial score (nSPS) is 13.6. The van der Waals surface area contributed by atoms with Gasteiger partial charge in [0, 0.05) is 35.8 Å². The second kappa shape index (κ2) is 21.7. The summed E-state index contributed by atoms with van der Waals surface area (Å²) < 4.78 is 9.30. The van der Waals surface area contributed by atoms with E-state index in [4.69, 9.17) is 21.6 Å². The van der Waals surface area contributed by atoms with Crippen LogP contribution in [0, 0.1) is 0 Å². The molecule has 0 heterocycles. The molecule has 51 heavy (non-hydrogen) atoms. The molecule has 0 saturated heterocycles. The summed E-state index contributed by atoms with van der Waals surface area (Å²) >= 11 is 7.32. The number of rotatable bonds is 15. The minimum atomic E-state index is -2.73. The van der Waals surface area contributed by atoms with E-state index in [1.54, 1.807) is 0 Å². The first-order valence-corrected chi connectivity index (χ1v) is 24.3. The van der Waals surface area contributed by atoms with Crippen molar-refractivity contribution < 1.29 is 28.3 Å². The van der Waals surface area contributed by atoms with Crippen molar-refractivity contribution in [3.05, 3.63) is 124 Å². The van der Waals surface area contributed by atoms with Gasteiger partial charge in [-0.25, -0.2) is 4.74 Å². The Morgan fingerprint density at radius 2 is 1.00 bits per heavy atom. The summed E-state index contributed by atoms with van der Waals surface area (Å²) in [6.45, 7) is 23.9. The number of para-hydroxylation sites is 1. The third-order valence-electron chi connectivity index (χ3n) is 9.23. The van der Waals surface area contributed by atoms with Crippen LogP contribution >= 0.6 is 12.6 Å². The number of benzene rings is 4. The molecule has 4 aromatic rings. The Balaban J connectivity index is 0.00000140. The number of hydrogen-bond donors (Lipinski definition) is 1. The van der Waals surface area contributed by atoms with Crippen LogP contribution in [0.2, 0.25) is 0 Å². The molecular weight excluding hydrogens is 673 g/mol. The molecule has 0 aliphatic carbocycles. The summed E-state index contributed by atoms with van der Waals surface area (Å²) in [7, 11) is 0. The fourth-order valence-electron chi connectivity index (χ4n) is 6.46. The Hall–Kier alpha value is -1.88. The van der Waals surface area contributed by atoms with E-state index in [1.807, 2.05) is 13.8 Å². The number of hydrogen-bond acceptors (Lipinski definition) is 2. The van der Waals surface area contributed by atoms with Gasteiger partial charge in [-0.05, 0) is 67.3 Å². The Labute approximate surface area is 329 Å².